The summed E-state index contributed by atoms with van der Waals surface area (Å²) in [7, 11) is 2.01. The Hall–Kier alpha value is -2.57. The van der Waals surface area contributed by atoms with Gasteiger partial charge in [-0.25, -0.2) is 0 Å². The van der Waals surface area contributed by atoms with Crippen LogP contribution in [0, 0.1) is 5.92 Å². The van der Waals surface area contributed by atoms with Crippen molar-refractivity contribution in [3.05, 3.63) is 29.3 Å². The van der Waals surface area contributed by atoms with Crippen LogP contribution in [0.15, 0.2) is 18.2 Å². The van der Waals surface area contributed by atoms with Crippen LogP contribution >= 0.6 is 0 Å². The molecule has 1 aromatic rings. The molecular weight excluding hydrogens is 370 g/mol. The lowest BCUT2D eigenvalue weighted by molar-refractivity contribution is -0.142. The predicted molar refractivity (Wildman–Crippen MR) is 111 cm³/mol. The van der Waals surface area contributed by atoms with Gasteiger partial charge in [0, 0.05) is 30.9 Å². The first-order valence-electron chi connectivity index (χ1n) is 10.6. The van der Waals surface area contributed by atoms with Gasteiger partial charge in [-0.05, 0) is 43.4 Å². The third-order valence-corrected chi connectivity index (χ3v) is 6.10. The van der Waals surface area contributed by atoms with Gasteiger partial charge < -0.3 is 20.6 Å². The van der Waals surface area contributed by atoms with E-state index in [2.05, 4.69) is 15.5 Å². The quantitative estimate of drug-likeness (QED) is 0.621. The number of hydrogen-bond donors (Lipinski definition) is 3. The molecule has 1 aliphatic carbocycles. The Labute approximate surface area is 171 Å². The molecule has 3 rings (SSSR count). The van der Waals surface area contributed by atoms with Crippen molar-refractivity contribution >= 4 is 23.5 Å². The van der Waals surface area contributed by atoms with Crippen LogP contribution in [0.1, 0.15) is 61.4 Å². The fourth-order valence-corrected chi connectivity index (χ4v) is 4.31. The largest absolute Gasteiger partial charge is 0.481 e. The number of nitrogens with one attached hydrogen (secondary N) is 2. The summed E-state index contributed by atoms with van der Waals surface area (Å²) in [5.41, 5.74) is 2.82. The van der Waals surface area contributed by atoms with Crippen LogP contribution in [0.3, 0.4) is 0 Å². The van der Waals surface area contributed by atoms with Crippen molar-refractivity contribution in [1.29, 1.82) is 0 Å². The van der Waals surface area contributed by atoms with E-state index < -0.39 is 17.9 Å². The fourth-order valence-electron chi connectivity index (χ4n) is 4.31. The van der Waals surface area contributed by atoms with Crippen molar-refractivity contribution in [3.63, 3.8) is 0 Å². The topological polar surface area (TPSA) is 98.7 Å². The number of fused-ring (bicyclic) bond motifs is 1. The normalized spacial score (nSPS) is 21.5. The van der Waals surface area contributed by atoms with E-state index in [1.54, 1.807) is 6.07 Å². The van der Waals surface area contributed by atoms with Crippen molar-refractivity contribution < 1.29 is 19.5 Å². The minimum absolute atomic E-state index is 0.273. The average molecular weight is 402 g/mol. The highest BCUT2D eigenvalue weighted by Gasteiger charge is 2.35. The van der Waals surface area contributed by atoms with E-state index in [4.69, 9.17) is 0 Å². The Balaban J connectivity index is 1.68. The molecule has 7 heteroatoms. The summed E-state index contributed by atoms with van der Waals surface area (Å²) in [6.45, 7) is 2.97. The number of unbranched alkanes of at least 4 members (excludes halogenated alkanes) is 1. The number of carbonyl (C=O) groups excluding carboxylic acids is 2. The van der Waals surface area contributed by atoms with Crippen LogP contribution < -0.4 is 15.5 Å². The number of carbonyl (C=O) groups is 3. The van der Waals surface area contributed by atoms with Gasteiger partial charge >= 0.3 is 5.97 Å². The molecule has 0 spiro atoms. The summed E-state index contributed by atoms with van der Waals surface area (Å²) >= 11 is 0. The van der Waals surface area contributed by atoms with E-state index in [-0.39, 0.29) is 17.9 Å². The second kappa shape index (κ2) is 9.29. The van der Waals surface area contributed by atoms with Crippen molar-refractivity contribution in [2.24, 2.45) is 5.92 Å². The highest BCUT2D eigenvalue weighted by Crippen LogP contribution is 2.28. The Morgan fingerprint density at radius 3 is 2.79 bits per heavy atom. The molecular formula is C22H31N3O4. The lowest BCUT2D eigenvalue weighted by Crippen LogP contribution is -2.51. The van der Waals surface area contributed by atoms with Crippen LogP contribution in [-0.2, 0) is 16.0 Å². The number of anilines is 1. The zero-order valence-corrected chi connectivity index (χ0v) is 17.2. The van der Waals surface area contributed by atoms with Crippen LogP contribution in [0.4, 0.5) is 5.69 Å². The Bertz CT molecular complexity index is 779. The molecule has 2 aliphatic rings. The standard InChI is InChI=1S/C22H31N3O4/c1-3-4-7-18(21(27)23-17-8-5-6-16(17)22(28)29)24-20(26)15-10-9-14-11-12-25(2)19(14)13-15/h9-10,13,16-18H,3-8,11-12H2,1-2H3,(H,23,27)(H,24,26)(H,28,29)/t16-,17+,18+/m1/s1. The van der Waals surface area contributed by atoms with Gasteiger partial charge in [-0.15, -0.1) is 0 Å². The third-order valence-electron chi connectivity index (χ3n) is 6.10. The zero-order valence-electron chi connectivity index (χ0n) is 17.2. The molecule has 0 aromatic heterocycles. The molecule has 0 radical (unpaired) electrons. The summed E-state index contributed by atoms with van der Waals surface area (Å²) in [6.07, 6.45) is 5.24. The number of aliphatic carboxylic acids is 1. The van der Waals surface area contributed by atoms with E-state index in [0.29, 0.717) is 24.8 Å². The number of rotatable bonds is 8. The first-order chi connectivity index (χ1) is 13.9. The maximum atomic E-state index is 12.9. The molecule has 0 unspecified atom stereocenters. The van der Waals surface area contributed by atoms with Crippen molar-refractivity contribution in [3.8, 4) is 0 Å². The molecule has 7 nitrogen and oxygen atoms in total. The van der Waals surface area contributed by atoms with E-state index in [9.17, 15) is 19.5 Å². The first kappa shape index (κ1) is 21.1. The first-order valence-corrected chi connectivity index (χ1v) is 10.6. The summed E-state index contributed by atoms with van der Waals surface area (Å²) in [6, 6.07) is 4.63. The maximum absolute atomic E-state index is 12.9. The summed E-state index contributed by atoms with van der Waals surface area (Å²) in [5.74, 6) is -1.98. The van der Waals surface area contributed by atoms with Gasteiger partial charge in [-0.3, -0.25) is 14.4 Å². The van der Waals surface area contributed by atoms with Crippen LogP contribution in [-0.4, -0.2) is 48.6 Å². The van der Waals surface area contributed by atoms with Crippen molar-refractivity contribution in [2.45, 2.75) is 64.0 Å². The molecule has 1 saturated carbocycles. The number of benzene rings is 1. The summed E-state index contributed by atoms with van der Waals surface area (Å²) in [5, 5.41) is 15.1. The second-order valence-electron chi connectivity index (χ2n) is 8.17. The fraction of sp³-hybridized carbons (Fsp3) is 0.591. The Kier molecular flexibility index (Phi) is 6.77. The predicted octanol–water partition coefficient (Wildman–Crippen LogP) is 2.34. The SMILES string of the molecule is CCCC[C@H](NC(=O)c1ccc2c(c1)N(C)CC2)C(=O)N[C@H]1CCC[C@H]1C(=O)O. The zero-order chi connectivity index (χ0) is 21.0. The van der Waals surface area contributed by atoms with Gasteiger partial charge in [0.25, 0.3) is 5.91 Å². The van der Waals surface area contributed by atoms with Crippen LogP contribution in [0.5, 0.6) is 0 Å². The van der Waals surface area contributed by atoms with Crippen molar-refractivity contribution in [1.82, 2.24) is 10.6 Å². The van der Waals surface area contributed by atoms with E-state index in [1.165, 1.54) is 5.56 Å². The van der Waals surface area contributed by atoms with E-state index in [1.807, 2.05) is 26.1 Å². The lowest BCUT2D eigenvalue weighted by Gasteiger charge is -2.23. The number of carboxylic acids is 1. The van der Waals surface area contributed by atoms with E-state index >= 15 is 0 Å². The molecule has 3 atom stereocenters. The molecule has 3 N–H and O–H groups in total. The third kappa shape index (κ3) is 4.89. The molecule has 0 bridgehead atoms. The van der Waals surface area contributed by atoms with Gasteiger partial charge in [0.15, 0.2) is 0 Å². The van der Waals surface area contributed by atoms with Gasteiger partial charge in [0.1, 0.15) is 6.04 Å². The molecule has 1 heterocycles. The molecule has 1 aliphatic heterocycles. The molecule has 158 valence electrons. The number of likely N-dealkylation sites (N-methyl/N-ethyl adjacent to an activating group) is 1. The number of amides is 2. The Morgan fingerprint density at radius 1 is 1.28 bits per heavy atom. The van der Waals surface area contributed by atoms with E-state index in [0.717, 1.165) is 37.9 Å². The number of nitrogens with zero attached hydrogens (tertiary/aromatic N) is 1. The minimum atomic E-state index is -0.871. The lowest BCUT2D eigenvalue weighted by atomic mass is 10.0. The molecule has 0 saturated heterocycles. The van der Waals surface area contributed by atoms with Gasteiger partial charge in [0.05, 0.1) is 5.92 Å². The average Bonchev–Trinajstić information content (AvgIpc) is 3.31. The minimum Gasteiger partial charge on any atom is -0.481 e. The maximum Gasteiger partial charge on any atom is 0.308 e. The highest BCUT2D eigenvalue weighted by atomic mass is 16.4. The van der Waals surface area contributed by atoms with Gasteiger partial charge in [-0.1, -0.05) is 32.3 Å². The molecule has 29 heavy (non-hydrogen) atoms. The van der Waals surface area contributed by atoms with Crippen molar-refractivity contribution in [2.75, 3.05) is 18.5 Å². The summed E-state index contributed by atoms with van der Waals surface area (Å²) in [4.78, 5) is 39.2. The molecule has 1 fully saturated rings. The summed E-state index contributed by atoms with van der Waals surface area (Å²) < 4.78 is 0. The smallest absolute Gasteiger partial charge is 0.308 e. The van der Waals surface area contributed by atoms with Crippen LogP contribution in [0.25, 0.3) is 0 Å². The highest BCUT2D eigenvalue weighted by molar-refractivity contribution is 5.98. The van der Waals surface area contributed by atoms with Gasteiger partial charge in [-0.2, -0.15) is 0 Å². The molecule has 2 amide bonds. The molecule has 1 aromatic carbocycles. The number of carboxylic acid groups (broad SMARTS) is 1. The second-order valence-corrected chi connectivity index (χ2v) is 8.17. The Morgan fingerprint density at radius 2 is 2.07 bits per heavy atom. The van der Waals surface area contributed by atoms with Gasteiger partial charge in [0.2, 0.25) is 5.91 Å². The van der Waals surface area contributed by atoms with Crippen LogP contribution in [0.2, 0.25) is 0 Å². The number of hydrogen-bond acceptors (Lipinski definition) is 4. The monoisotopic (exact) mass is 401 g/mol.